The van der Waals surface area contributed by atoms with Crippen LogP contribution in [0.5, 0.6) is 0 Å². The highest BCUT2D eigenvalue weighted by atomic mass is 16.5. The van der Waals surface area contributed by atoms with Crippen LogP contribution in [0.3, 0.4) is 0 Å². The predicted molar refractivity (Wildman–Crippen MR) is 115 cm³/mol. The summed E-state index contributed by atoms with van der Waals surface area (Å²) in [5, 5.41) is 6.84. The van der Waals surface area contributed by atoms with Gasteiger partial charge < -0.3 is 14.7 Å². The minimum absolute atomic E-state index is 0.213. The maximum absolute atomic E-state index is 13.2. The molecule has 1 aromatic carbocycles. The number of rotatable bonds is 5. The molecule has 8 nitrogen and oxygen atoms in total. The van der Waals surface area contributed by atoms with Crippen molar-refractivity contribution in [1.82, 2.24) is 20.0 Å². The Kier molecular flexibility index (Phi) is 6.06. The number of piperidine rings is 1. The molecule has 0 unspecified atom stereocenters. The molecule has 1 aliphatic rings. The number of aromatic nitrogens is 3. The monoisotopic (exact) mass is 419 g/mol. The lowest BCUT2D eigenvalue weighted by Gasteiger charge is -2.35. The molecule has 1 saturated heterocycles. The summed E-state index contributed by atoms with van der Waals surface area (Å²) in [4.78, 5) is 36.8. The fraction of sp³-hybridized carbons (Fsp3) is 0.348. The van der Waals surface area contributed by atoms with Crippen LogP contribution in [0, 0.1) is 6.92 Å². The van der Waals surface area contributed by atoms with Gasteiger partial charge in [0, 0.05) is 24.5 Å². The Morgan fingerprint density at radius 3 is 2.77 bits per heavy atom. The molecule has 1 aliphatic heterocycles. The molecule has 160 valence electrons. The first kappa shape index (κ1) is 20.7. The number of anilines is 1. The number of aryl methyl sites for hydroxylation is 2. The minimum Gasteiger partial charge on any atom is -0.351 e. The van der Waals surface area contributed by atoms with Crippen molar-refractivity contribution in [2.75, 3.05) is 11.9 Å². The highest BCUT2D eigenvalue weighted by Crippen LogP contribution is 2.33. The number of nitrogens with zero attached hydrogens (tertiary/aromatic N) is 4. The highest BCUT2D eigenvalue weighted by molar-refractivity contribution is 6.05. The van der Waals surface area contributed by atoms with Crippen molar-refractivity contribution < 1.29 is 14.1 Å². The number of hydrogen-bond donors (Lipinski definition) is 1. The Morgan fingerprint density at radius 1 is 1.23 bits per heavy atom. The van der Waals surface area contributed by atoms with Crippen molar-refractivity contribution in [3.05, 3.63) is 71.1 Å². The lowest BCUT2D eigenvalue weighted by Crippen LogP contribution is -2.39. The Balaban J connectivity index is 1.66. The van der Waals surface area contributed by atoms with E-state index in [0.717, 1.165) is 18.5 Å². The largest absolute Gasteiger partial charge is 0.351 e. The van der Waals surface area contributed by atoms with Gasteiger partial charge in [0.1, 0.15) is 5.82 Å². The molecular formula is C23H25N5O3. The average molecular weight is 419 g/mol. The Morgan fingerprint density at radius 2 is 2.03 bits per heavy atom. The molecule has 0 aliphatic carbocycles. The maximum Gasteiger partial charge on any atom is 0.293 e. The van der Waals surface area contributed by atoms with Gasteiger partial charge >= 0.3 is 0 Å². The van der Waals surface area contributed by atoms with Crippen molar-refractivity contribution in [2.24, 2.45) is 0 Å². The first-order chi connectivity index (χ1) is 15.1. The summed E-state index contributed by atoms with van der Waals surface area (Å²) >= 11 is 0. The van der Waals surface area contributed by atoms with E-state index in [-0.39, 0.29) is 23.6 Å². The van der Waals surface area contributed by atoms with Gasteiger partial charge in [-0.2, -0.15) is 0 Å². The van der Waals surface area contributed by atoms with Crippen LogP contribution in [0.4, 0.5) is 5.69 Å². The standard InChI is InChI=1S/C23H25N5O3/c1-3-16-13-20(31-27-16)23(30)28-12-8-7-11-19(28)21-18(14-24-15(2)25-21)22(29)26-17-9-5-4-6-10-17/h4-6,9-10,13-14,19H,3,7-8,11-12H2,1-2H3,(H,26,29)/t19-/m1/s1. The zero-order valence-corrected chi connectivity index (χ0v) is 17.7. The summed E-state index contributed by atoms with van der Waals surface area (Å²) in [7, 11) is 0. The molecule has 0 saturated carbocycles. The van der Waals surface area contributed by atoms with E-state index in [1.54, 1.807) is 17.9 Å². The smallest absolute Gasteiger partial charge is 0.293 e. The second-order valence-electron chi connectivity index (χ2n) is 7.58. The molecule has 3 aromatic rings. The third kappa shape index (κ3) is 4.47. The zero-order chi connectivity index (χ0) is 21.8. The van der Waals surface area contributed by atoms with Crippen molar-refractivity contribution in [3.63, 3.8) is 0 Å². The highest BCUT2D eigenvalue weighted by Gasteiger charge is 2.34. The lowest BCUT2D eigenvalue weighted by atomic mass is 9.95. The van der Waals surface area contributed by atoms with E-state index in [1.807, 2.05) is 37.3 Å². The molecule has 2 amide bonds. The van der Waals surface area contributed by atoms with Gasteiger partial charge in [0.25, 0.3) is 11.8 Å². The third-order valence-corrected chi connectivity index (χ3v) is 5.43. The van der Waals surface area contributed by atoms with Gasteiger partial charge in [0.15, 0.2) is 0 Å². The van der Waals surface area contributed by atoms with Crippen LogP contribution in [-0.2, 0) is 6.42 Å². The van der Waals surface area contributed by atoms with Gasteiger partial charge in [-0.05, 0) is 44.7 Å². The van der Waals surface area contributed by atoms with Crippen LogP contribution in [0.25, 0.3) is 0 Å². The first-order valence-electron chi connectivity index (χ1n) is 10.5. The van der Waals surface area contributed by atoms with E-state index in [0.29, 0.717) is 42.2 Å². The SMILES string of the molecule is CCc1cc(C(=O)N2CCCC[C@@H]2c2nc(C)ncc2C(=O)Nc2ccccc2)on1. The Hall–Kier alpha value is -3.55. The quantitative estimate of drug-likeness (QED) is 0.672. The molecule has 4 rings (SSSR count). The molecular weight excluding hydrogens is 394 g/mol. The van der Waals surface area contributed by atoms with Gasteiger partial charge in [-0.3, -0.25) is 9.59 Å². The van der Waals surface area contributed by atoms with E-state index < -0.39 is 0 Å². The van der Waals surface area contributed by atoms with Crippen LogP contribution < -0.4 is 5.32 Å². The second-order valence-corrected chi connectivity index (χ2v) is 7.58. The van der Waals surface area contributed by atoms with E-state index >= 15 is 0 Å². The molecule has 0 bridgehead atoms. The van der Waals surface area contributed by atoms with Gasteiger partial charge in [0.2, 0.25) is 5.76 Å². The van der Waals surface area contributed by atoms with Crippen LogP contribution in [-0.4, -0.2) is 38.4 Å². The summed E-state index contributed by atoms with van der Waals surface area (Å²) in [5.74, 6) is 0.233. The second kappa shape index (κ2) is 9.07. The van der Waals surface area contributed by atoms with Gasteiger partial charge in [0.05, 0.1) is 23.0 Å². The number of hydrogen-bond acceptors (Lipinski definition) is 6. The lowest BCUT2D eigenvalue weighted by molar-refractivity contribution is 0.0560. The molecule has 31 heavy (non-hydrogen) atoms. The van der Waals surface area contributed by atoms with E-state index in [9.17, 15) is 9.59 Å². The molecule has 1 N–H and O–H groups in total. The molecule has 8 heteroatoms. The number of benzene rings is 1. The van der Waals surface area contributed by atoms with E-state index in [1.165, 1.54) is 6.20 Å². The minimum atomic E-state index is -0.338. The molecule has 1 atom stereocenters. The summed E-state index contributed by atoms with van der Waals surface area (Å²) < 4.78 is 5.28. The normalized spacial score (nSPS) is 16.2. The first-order valence-corrected chi connectivity index (χ1v) is 10.5. The fourth-order valence-corrected chi connectivity index (χ4v) is 3.82. The van der Waals surface area contributed by atoms with Crippen molar-refractivity contribution in [1.29, 1.82) is 0 Å². The third-order valence-electron chi connectivity index (χ3n) is 5.43. The summed E-state index contributed by atoms with van der Waals surface area (Å²) in [5.41, 5.74) is 2.34. The van der Waals surface area contributed by atoms with Crippen LogP contribution in [0.1, 0.15) is 70.4 Å². The molecule has 0 radical (unpaired) electrons. The Bertz CT molecular complexity index is 1080. The van der Waals surface area contributed by atoms with Crippen LogP contribution >= 0.6 is 0 Å². The number of likely N-dealkylation sites (tertiary alicyclic amines) is 1. The van der Waals surface area contributed by atoms with Crippen molar-refractivity contribution in [2.45, 2.75) is 45.6 Å². The van der Waals surface area contributed by atoms with Gasteiger partial charge in [-0.15, -0.1) is 0 Å². The number of nitrogens with one attached hydrogen (secondary N) is 1. The number of amides is 2. The summed E-state index contributed by atoms with van der Waals surface area (Å²) in [6, 6.07) is 10.6. The molecule has 0 spiro atoms. The average Bonchev–Trinajstić information content (AvgIpc) is 3.28. The van der Waals surface area contributed by atoms with Gasteiger partial charge in [-0.25, -0.2) is 9.97 Å². The molecule has 3 heterocycles. The van der Waals surface area contributed by atoms with E-state index in [2.05, 4.69) is 20.4 Å². The number of carbonyl (C=O) groups excluding carboxylic acids is 2. The van der Waals surface area contributed by atoms with E-state index in [4.69, 9.17) is 4.52 Å². The van der Waals surface area contributed by atoms with Crippen molar-refractivity contribution in [3.8, 4) is 0 Å². The Labute approximate surface area is 180 Å². The molecule has 1 fully saturated rings. The number of carbonyl (C=O) groups is 2. The summed E-state index contributed by atoms with van der Waals surface area (Å²) in [6.07, 6.45) is 4.76. The maximum atomic E-state index is 13.2. The molecule has 2 aromatic heterocycles. The van der Waals surface area contributed by atoms with Crippen molar-refractivity contribution >= 4 is 17.5 Å². The predicted octanol–water partition coefficient (Wildman–Crippen LogP) is 3.96. The fourth-order valence-electron chi connectivity index (χ4n) is 3.82. The van der Waals surface area contributed by atoms with Crippen LogP contribution in [0.15, 0.2) is 47.1 Å². The zero-order valence-electron chi connectivity index (χ0n) is 17.7. The van der Waals surface area contributed by atoms with Gasteiger partial charge in [-0.1, -0.05) is 30.3 Å². The topological polar surface area (TPSA) is 101 Å². The summed E-state index contributed by atoms with van der Waals surface area (Å²) in [6.45, 7) is 4.30. The number of para-hydroxylation sites is 1. The van der Waals surface area contributed by atoms with Crippen LogP contribution in [0.2, 0.25) is 0 Å².